The Bertz CT molecular complexity index is 979. The zero-order chi connectivity index (χ0) is 20.3. The van der Waals surface area contributed by atoms with Gasteiger partial charge in [0.1, 0.15) is 5.69 Å². The summed E-state index contributed by atoms with van der Waals surface area (Å²) in [5.41, 5.74) is 1.26. The smallest absolute Gasteiger partial charge is 0.359 e. The molecule has 1 unspecified atom stereocenters. The number of carbonyl (C=O) groups is 2. The molecule has 0 radical (unpaired) electrons. The van der Waals surface area contributed by atoms with E-state index in [0.717, 1.165) is 0 Å². The van der Waals surface area contributed by atoms with Gasteiger partial charge in [0.2, 0.25) is 0 Å². The first-order valence-electron chi connectivity index (χ1n) is 8.76. The van der Waals surface area contributed by atoms with Crippen LogP contribution in [0, 0.1) is 0 Å². The zero-order valence-corrected chi connectivity index (χ0v) is 16.4. The van der Waals surface area contributed by atoms with Gasteiger partial charge < -0.3 is 14.5 Å². The molecule has 1 atom stereocenters. The molecule has 0 aliphatic heterocycles. The molecule has 0 fully saturated rings. The quantitative estimate of drug-likeness (QED) is 0.634. The lowest BCUT2D eigenvalue weighted by atomic mass is 10.2. The molecule has 1 aromatic carbocycles. The van der Waals surface area contributed by atoms with Crippen LogP contribution in [-0.2, 0) is 9.53 Å². The third-order valence-corrected chi connectivity index (χ3v) is 4.06. The molecular weight excluding hydrogens is 382 g/mol. The number of carbonyl (C=O) groups excluding carboxylic acids is 2. The summed E-state index contributed by atoms with van der Waals surface area (Å²) in [4.78, 5) is 24.5. The first-order valence-corrected chi connectivity index (χ1v) is 9.14. The van der Waals surface area contributed by atoms with Gasteiger partial charge in [-0.2, -0.15) is 5.10 Å². The second kappa shape index (κ2) is 8.31. The van der Waals surface area contributed by atoms with Gasteiger partial charge in [0, 0.05) is 17.1 Å². The normalized spacial score (nSPS) is 12.0. The van der Waals surface area contributed by atoms with E-state index >= 15 is 0 Å². The molecule has 1 N–H and O–H groups in total. The summed E-state index contributed by atoms with van der Waals surface area (Å²) in [5.74, 6) is -0.555. The Morgan fingerprint density at radius 3 is 2.61 bits per heavy atom. The highest BCUT2D eigenvalue weighted by Crippen LogP contribution is 2.26. The van der Waals surface area contributed by atoms with Gasteiger partial charge in [-0.05, 0) is 51.1 Å². The Morgan fingerprint density at radius 1 is 1.18 bits per heavy atom. The van der Waals surface area contributed by atoms with Gasteiger partial charge in [-0.15, -0.1) is 0 Å². The average Bonchev–Trinajstić information content (AvgIpc) is 3.30. The van der Waals surface area contributed by atoms with Crippen molar-refractivity contribution in [2.75, 3.05) is 0 Å². The molecule has 3 aromatic rings. The van der Waals surface area contributed by atoms with Gasteiger partial charge >= 0.3 is 5.97 Å². The lowest BCUT2D eigenvalue weighted by molar-refractivity contribution is -0.129. The third kappa shape index (κ3) is 4.43. The van der Waals surface area contributed by atoms with Crippen LogP contribution in [0.1, 0.15) is 31.3 Å². The molecule has 146 valence electrons. The number of amides is 1. The summed E-state index contributed by atoms with van der Waals surface area (Å²) < 4.78 is 12.3. The van der Waals surface area contributed by atoms with E-state index in [2.05, 4.69) is 10.4 Å². The van der Waals surface area contributed by atoms with Crippen molar-refractivity contribution in [1.29, 1.82) is 0 Å². The van der Waals surface area contributed by atoms with E-state index in [0.29, 0.717) is 22.2 Å². The van der Waals surface area contributed by atoms with Gasteiger partial charge in [-0.1, -0.05) is 17.7 Å². The highest BCUT2D eigenvalue weighted by atomic mass is 35.5. The molecule has 0 spiro atoms. The Kier molecular flexibility index (Phi) is 5.84. The first-order chi connectivity index (χ1) is 13.3. The third-order valence-electron chi connectivity index (χ3n) is 3.83. The van der Waals surface area contributed by atoms with Crippen molar-refractivity contribution in [2.45, 2.75) is 32.9 Å². The van der Waals surface area contributed by atoms with Gasteiger partial charge in [0.05, 0.1) is 12.0 Å². The summed E-state index contributed by atoms with van der Waals surface area (Å²) >= 11 is 6.09. The highest BCUT2D eigenvalue weighted by Gasteiger charge is 2.24. The van der Waals surface area contributed by atoms with Gasteiger partial charge in [0.25, 0.3) is 5.91 Å². The van der Waals surface area contributed by atoms with E-state index in [1.54, 1.807) is 47.1 Å². The number of ether oxygens (including phenoxy) is 1. The number of benzene rings is 1. The summed E-state index contributed by atoms with van der Waals surface area (Å²) in [6, 6.07) is 12.0. The SMILES string of the molecule is CC(C)NC(=O)C(C)OC(=O)c1cc(-c2ccco2)n(-c2cccc(Cl)c2)n1. The fourth-order valence-electron chi connectivity index (χ4n) is 2.56. The van der Waals surface area contributed by atoms with E-state index < -0.39 is 12.1 Å². The summed E-state index contributed by atoms with van der Waals surface area (Å²) in [7, 11) is 0. The standard InChI is InChI=1S/C20H20ClN3O4/c1-12(2)22-19(25)13(3)28-20(26)16-11-17(18-8-5-9-27-18)24(23-16)15-7-4-6-14(21)10-15/h4-13H,1-3H3,(H,22,25). The average molecular weight is 402 g/mol. The molecular formula is C20H20ClN3O4. The predicted octanol–water partition coefficient (Wildman–Crippen LogP) is 3.86. The fourth-order valence-corrected chi connectivity index (χ4v) is 2.75. The van der Waals surface area contributed by atoms with Gasteiger partial charge in [-0.3, -0.25) is 4.79 Å². The number of rotatable bonds is 6. The Labute approximate surface area is 167 Å². The van der Waals surface area contributed by atoms with Crippen molar-refractivity contribution < 1.29 is 18.7 Å². The number of nitrogens with one attached hydrogen (secondary N) is 1. The van der Waals surface area contributed by atoms with Crippen LogP contribution in [-0.4, -0.2) is 33.8 Å². The number of halogens is 1. The van der Waals surface area contributed by atoms with Gasteiger partial charge in [0.15, 0.2) is 17.6 Å². The van der Waals surface area contributed by atoms with Crippen LogP contribution in [0.3, 0.4) is 0 Å². The maximum Gasteiger partial charge on any atom is 0.359 e. The molecule has 3 rings (SSSR count). The van der Waals surface area contributed by atoms with E-state index in [9.17, 15) is 9.59 Å². The van der Waals surface area contributed by atoms with Crippen molar-refractivity contribution in [1.82, 2.24) is 15.1 Å². The topological polar surface area (TPSA) is 86.4 Å². The molecule has 8 heteroatoms. The lowest BCUT2D eigenvalue weighted by Crippen LogP contribution is -2.39. The minimum Gasteiger partial charge on any atom is -0.463 e. The number of esters is 1. The maximum atomic E-state index is 12.5. The molecule has 0 saturated heterocycles. The Balaban J connectivity index is 1.91. The second-order valence-corrected chi connectivity index (χ2v) is 6.93. The number of furan rings is 1. The van der Waals surface area contributed by atoms with Crippen LogP contribution in [0.2, 0.25) is 5.02 Å². The summed E-state index contributed by atoms with van der Waals surface area (Å²) in [5, 5.41) is 7.57. The Morgan fingerprint density at radius 2 is 1.96 bits per heavy atom. The highest BCUT2D eigenvalue weighted by molar-refractivity contribution is 6.30. The molecule has 0 bridgehead atoms. The van der Waals surface area contributed by atoms with Crippen molar-refractivity contribution in [3.8, 4) is 17.1 Å². The van der Waals surface area contributed by atoms with Crippen LogP contribution in [0.5, 0.6) is 0 Å². The molecule has 0 saturated carbocycles. The van der Waals surface area contributed by atoms with Crippen molar-refractivity contribution in [2.24, 2.45) is 0 Å². The first kappa shape index (κ1) is 19.7. The van der Waals surface area contributed by atoms with Crippen molar-refractivity contribution >= 4 is 23.5 Å². The van der Waals surface area contributed by atoms with Crippen molar-refractivity contribution in [3.63, 3.8) is 0 Å². The van der Waals surface area contributed by atoms with Crippen LogP contribution in [0.15, 0.2) is 53.1 Å². The van der Waals surface area contributed by atoms with Gasteiger partial charge in [-0.25, -0.2) is 9.48 Å². The second-order valence-electron chi connectivity index (χ2n) is 6.49. The molecule has 1 amide bonds. The monoisotopic (exact) mass is 401 g/mol. The van der Waals surface area contributed by atoms with Crippen LogP contribution in [0.4, 0.5) is 0 Å². The molecule has 2 aromatic heterocycles. The number of aromatic nitrogens is 2. The van der Waals surface area contributed by atoms with Crippen LogP contribution in [0.25, 0.3) is 17.1 Å². The number of hydrogen-bond donors (Lipinski definition) is 1. The van der Waals surface area contributed by atoms with Crippen LogP contribution >= 0.6 is 11.6 Å². The minimum atomic E-state index is -0.946. The lowest BCUT2D eigenvalue weighted by Gasteiger charge is -2.14. The minimum absolute atomic E-state index is 0.0515. The molecule has 0 aliphatic rings. The number of nitrogens with zero attached hydrogens (tertiary/aromatic N) is 2. The zero-order valence-electron chi connectivity index (χ0n) is 15.7. The van der Waals surface area contributed by atoms with E-state index in [4.69, 9.17) is 20.8 Å². The molecule has 0 aliphatic carbocycles. The van der Waals surface area contributed by atoms with E-state index in [-0.39, 0.29) is 17.6 Å². The van der Waals surface area contributed by atoms with Crippen LogP contribution < -0.4 is 5.32 Å². The van der Waals surface area contributed by atoms with Crippen molar-refractivity contribution in [3.05, 3.63) is 59.4 Å². The maximum absolute atomic E-state index is 12.5. The molecule has 28 heavy (non-hydrogen) atoms. The number of hydrogen-bond acceptors (Lipinski definition) is 5. The predicted molar refractivity (Wildman–Crippen MR) is 104 cm³/mol. The molecule has 2 heterocycles. The van der Waals surface area contributed by atoms with E-state index in [1.807, 2.05) is 13.8 Å². The largest absolute Gasteiger partial charge is 0.463 e. The summed E-state index contributed by atoms with van der Waals surface area (Å²) in [6.07, 6.45) is 0.583. The molecule has 7 nitrogen and oxygen atoms in total. The fraction of sp³-hybridized carbons (Fsp3) is 0.250. The summed E-state index contributed by atoms with van der Waals surface area (Å²) in [6.45, 7) is 5.17. The Hall–Kier alpha value is -3.06. The van der Waals surface area contributed by atoms with E-state index in [1.165, 1.54) is 13.2 Å².